The van der Waals surface area contributed by atoms with Gasteiger partial charge in [0.25, 0.3) is 0 Å². The van der Waals surface area contributed by atoms with E-state index in [0.717, 1.165) is 56.1 Å². The molecule has 0 heterocycles. The number of sulfonamides is 1. The maximum atomic E-state index is 14.1. The highest BCUT2D eigenvalue weighted by atomic mass is 32.2. The number of halogens is 3. The molecule has 0 aliphatic heterocycles. The Morgan fingerprint density at radius 1 is 0.881 bits per heavy atom. The highest BCUT2D eigenvalue weighted by Crippen LogP contribution is 2.23. The molecule has 2 amide bonds. The largest absolute Gasteiger partial charge is 0.352 e. The van der Waals surface area contributed by atoms with Gasteiger partial charge in [-0.25, -0.2) is 21.6 Å². The van der Waals surface area contributed by atoms with Crippen LogP contribution in [0.2, 0.25) is 0 Å². The van der Waals surface area contributed by atoms with Gasteiger partial charge in [-0.1, -0.05) is 61.7 Å². The normalized spacial score (nSPS) is 14.7. The SMILES string of the molecule is CS(=O)(=O)N(CC(=O)N(Cc1ccc(F)cc1)[C@@H](Cc1ccccc1)C(=O)NC1CCCCC1)c1ccc(F)c(F)c1. The maximum Gasteiger partial charge on any atom is 0.244 e. The molecule has 0 aromatic heterocycles. The van der Waals surface area contributed by atoms with Crippen LogP contribution in [0.4, 0.5) is 18.9 Å². The molecular weight excluding hydrogens is 567 g/mol. The van der Waals surface area contributed by atoms with Crippen molar-refractivity contribution in [3.8, 4) is 0 Å². The van der Waals surface area contributed by atoms with E-state index in [9.17, 15) is 31.2 Å². The van der Waals surface area contributed by atoms with Gasteiger partial charge in [0.2, 0.25) is 21.8 Å². The summed E-state index contributed by atoms with van der Waals surface area (Å²) in [6.45, 7) is -0.892. The molecule has 1 atom stereocenters. The Hall–Kier alpha value is -3.86. The first-order valence-electron chi connectivity index (χ1n) is 13.8. The number of anilines is 1. The number of hydrogen-bond acceptors (Lipinski definition) is 4. The van der Waals surface area contributed by atoms with E-state index in [4.69, 9.17) is 0 Å². The molecule has 4 rings (SSSR count). The summed E-state index contributed by atoms with van der Waals surface area (Å²) in [6, 6.07) is 16.0. The van der Waals surface area contributed by atoms with Crippen molar-refractivity contribution in [1.29, 1.82) is 0 Å². The van der Waals surface area contributed by atoms with Gasteiger partial charge < -0.3 is 10.2 Å². The molecule has 0 radical (unpaired) electrons. The lowest BCUT2D eigenvalue weighted by Gasteiger charge is -2.35. The summed E-state index contributed by atoms with van der Waals surface area (Å²) in [6.07, 6.45) is 5.65. The highest BCUT2D eigenvalue weighted by molar-refractivity contribution is 7.92. The minimum atomic E-state index is -4.14. The number of benzene rings is 3. The van der Waals surface area contributed by atoms with E-state index in [1.54, 1.807) is 0 Å². The van der Waals surface area contributed by atoms with Gasteiger partial charge in [0, 0.05) is 25.1 Å². The van der Waals surface area contributed by atoms with Crippen molar-refractivity contribution in [3.63, 3.8) is 0 Å². The smallest absolute Gasteiger partial charge is 0.244 e. The predicted molar refractivity (Wildman–Crippen MR) is 154 cm³/mol. The summed E-state index contributed by atoms with van der Waals surface area (Å²) in [4.78, 5) is 29.2. The lowest BCUT2D eigenvalue weighted by molar-refractivity contribution is -0.140. The molecule has 1 aliphatic rings. The van der Waals surface area contributed by atoms with E-state index in [-0.39, 0.29) is 30.6 Å². The third-order valence-electron chi connectivity index (χ3n) is 7.36. The average Bonchev–Trinajstić information content (AvgIpc) is 2.96. The monoisotopic (exact) mass is 601 g/mol. The first kappa shape index (κ1) is 31.1. The Balaban J connectivity index is 1.72. The fourth-order valence-electron chi connectivity index (χ4n) is 5.14. The predicted octanol–water partition coefficient (Wildman–Crippen LogP) is 4.96. The Labute approximate surface area is 244 Å². The van der Waals surface area contributed by atoms with Crippen LogP contribution in [0.5, 0.6) is 0 Å². The minimum absolute atomic E-state index is 0.0537. The van der Waals surface area contributed by atoms with Crippen molar-refractivity contribution in [2.75, 3.05) is 17.1 Å². The third-order valence-corrected chi connectivity index (χ3v) is 8.50. The van der Waals surface area contributed by atoms with Gasteiger partial charge in [-0.15, -0.1) is 0 Å². The standard InChI is InChI=1S/C31H34F3N3O4S/c1-42(40,41)37(26-16-17-27(33)28(34)19-26)21-30(38)36(20-23-12-14-24(32)15-13-23)29(18-22-8-4-2-5-9-22)31(39)35-25-10-6-3-7-11-25/h2,4-5,8-9,12-17,19,25,29H,3,6-7,10-11,18,20-21H2,1H3,(H,35,39)/t29-/m0/s1. The van der Waals surface area contributed by atoms with Crippen LogP contribution < -0.4 is 9.62 Å². The number of carbonyl (C=O) groups is 2. The van der Waals surface area contributed by atoms with E-state index in [0.29, 0.717) is 15.9 Å². The van der Waals surface area contributed by atoms with Crippen molar-refractivity contribution >= 4 is 27.5 Å². The van der Waals surface area contributed by atoms with E-state index >= 15 is 0 Å². The van der Waals surface area contributed by atoms with Crippen LogP contribution in [0.1, 0.15) is 43.2 Å². The van der Waals surface area contributed by atoms with Crippen LogP contribution in [-0.2, 0) is 32.6 Å². The molecule has 7 nitrogen and oxygen atoms in total. The zero-order chi connectivity index (χ0) is 30.3. The summed E-state index contributed by atoms with van der Waals surface area (Å²) in [7, 11) is -4.14. The molecule has 1 fully saturated rings. The lowest BCUT2D eigenvalue weighted by Crippen LogP contribution is -2.55. The van der Waals surface area contributed by atoms with Crippen molar-refractivity contribution < 1.29 is 31.2 Å². The number of nitrogens with zero attached hydrogens (tertiary/aromatic N) is 2. The van der Waals surface area contributed by atoms with E-state index in [2.05, 4.69) is 5.32 Å². The van der Waals surface area contributed by atoms with E-state index < -0.39 is 46.0 Å². The summed E-state index contributed by atoms with van der Waals surface area (Å²) < 4.78 is 67.6. The number of amides is 2. The number of nitrogens with one attached hydrogen (secondary N) is 1. The van der Waals surface area contributed by atoms with Crippen LogP contribution in [-0.4, -0.2) is 50.0 Å². The minimum Gasteiger partial charge on any atom is -0.352 e. The zero-order valence-electron chi connectivity index (χ0n) is 23.3. The van der Waals surface area contributed by atoms with Crippen LogP contribution in [0.3, 0.4) is 0 Å². The molecule has 1 N–H and O–H groups in total. The number of hydrogen-bond donors (Lipinski definition) is 1. The fourth-order valence-corrected chi connectivity index (χ4v) is 5.98. The van der Waals surface area contributed by atoms with Crippen molar-refractivity contribution in [1.82, 2.24) is 10.2 Å². The van der Waals surface area contributed by atoms with E-state index in [1.165, 1.54) is 29.2 Å². The Kier molecular flexibility index (Phi) is 10.3. The molecule has 3 aromatic carbocycles. The lowest BCUT2D eigenvalue weighted by atomic mass is 9.94. The zero-order valence-corrected chi connectivity index (χ0v) is 24.1. The van der Waals surface area contributed by atoms with E-state index in [1.807, 2.05) is 30.3 Å². The first-order valence-corrected chi connectivity index (χ1v) is 15.7. The van der Waals surface area contributed by atoms with Gasteiger partial charge in [-0.05, 0) is 48.2 Å². The number of rotatable bonds is 11. The first-order chi connectivity index (χ1) is 20.0. The average molecular weight is 602 g/mol. The van der Waals surface area contributed by atoms with Crippen molar-refractivity contribution in [3.05, 3.63) is 101 Å². The van der Waals surface area contributed by atoms with Crippen molar-refractivity contribution in [2.45, 2.75) is 57.2 Å². The van der Waals surface area contributed by atoms with Crippen LogP contribution in [0.15, 0.2) is 72.8 Å². The Morgan fingerprint density at radius 2 is 1.55 bits per heavy atom. The van der Waals surface area contributed by atoms with Crippen molar-refractivity contribution in [2.24, 2.45) is 0 Å². The summed E-state index contributed by atoms with van der Waals surface area (Å²) in [5.41, 5.74) is 1.06. The second-order valence-electron chi connectivity index (χ2n) is 10.6. The maximum absolute atomic E-state index is 14.1. The Bertz CT molecular complexity index is 1480. The third kappa shape index (κ3) is 8.34. The molecule has 11 heteroatoms. The summed E-state index contributed by atoms with van der Waals surface area (Å²) in [5.74, 6) is -4.05. The van der Waals surface area contributed by atoms with Gasteiger partial charge in [-0.2, -0.15) is 0 Å². The topological polar surface area (TPSA) is 86.8 Å². The molecule has 1 saturated carbocycles. The van der Waals surface area contributed by atoms with Crippen LogP contribution >= 0.6 is 0 Å². The quantitative estimate of drug-likeness (QED) is 0.337. The summed E-state index contributed by atoms with van der Waals surface area (Å²) in [5, 5.41) is 3.08. The molecule has 42 heavy (non-hydrogen) atoms. The fraction of sp³-hybridized carbons (Fsp3) is 0.355. The second-order valence-corrected chi connectivity index (χ2v) is 12.5. The Morgan fingerprint density at radius 3 is 2.17 bits per heavy atom. The molecule has 0 spiro atoms. The van der Waals surface area contributed by atoms with Crippen LogP contribution in [0.25, 0.3) is 0 Å². The molecular formula is C31H34F3N3O4S. The van der Waals surface area contributed by atoms with Gasteiger partial charge >= 0.3 is 0 Å². The molecule has 224 valence electrons. The molecule has 0 unspecified atom stereocenters. The van der Waals surface area contributed by atoms with Crippen LogP contribution in [0, 0.1) is 17.5 Å². The van der Waals surface area contributed by atoms with Gasteiger partial charge in [-0.3, -0.25) is 13.9 Å². The highest BCUT2D eigenvalue weighted by Gasteiger charge is 2.34. The molecule has 0 bridgehead atoms. The van der Waals surface area contributed by atoms with Gasteiger partial charge in [0.1, 0.15) is 18.4 Å². The molecule has 3 aromatic rings. The summed E-state index contributed by atoms with van der Waals surface area (Å²) >= 11 is 0. The molecule has 1 aliphatic carbocycles. The second kappa shape index (κ2) is 13.9. The number of carbonyl (C=O) groups excluding carboxylic acids is 2. The van der Waals surface area contributed by atoms with Gasteiger partial charge in [0.15, 0.2) is 11.6 Å². The molecule has 0 saturated heterocycles. The van der Waals surface area contributed by atoms with Gasteiger partial charge in [0.05, 0.1) is 11.9 Å².